The Morgan fingerprint density at radius 3 is 2.53 bits per heavy atom. The van der Waals surface area contributed by atoms with Crippen LogP contribution in [0.5, 0.6) is 0 Å². The van der Waals surface area contributed by atoms with Gasteiger partial charge in [0.2, 0.25) is 0 Å². The van der Waals surface area contributed by atoms with Gasteiger partial charge in [0.25, 0.3) is 0 Å². The first kappa shape index (κ1) is 19.5. The number of allylic oxidation sites excluding steroid dienone is 4. The number of hydrogen-bond acceptors (Lipinski definition) is 2. The lowest BCUT2D eigenvalue weighted by atomic mass is 9.59. The molecule has 32 heavy (non-hydrogen) atoms. The lowest BCUT2D eigenvalue weighted by Crippen LogP contribution is -2.56. The van der Waals surface area contributed by atoms with Crippen LogP contribution in [0.15, 0.2) is 77.5 Å². The molecule has 0 spiro atoms. The molecule has 0 fully saturated rings. The van der Waals surface area contributed by atoms with E-state index < -0.39 is 0 Å². The van der Waals surface area contributed by atoms with E-state index in [-0.39, 0.29) is 11.0 Å². The van der Waals surface area contributed by atoms with Gasteiger partial charge in [0, 0.05) is 39.1 Å². The van der Waals surface area contributed by atoms with Gasteiger partial charge in [-0.05, 0) is 62.1 Å². The molecule has 0 saturated carbocycles. The van der Waals surface area contributed by atoms with Crippen LogP contribution in [0.25, 0.3) is 33.6 Å². The molecule has 0 amide bonds. The molecule has 2 nitrogen and oxygen atoms in total. The van der Waals surface area contributed by atoms with E-state index in [1.165, 1.54) is 44.3 Å². The van der Waals surface area contributed by atoms with Crippen molar-refractivity contribution in [3.05, 3.63) is 88.7 Å². The van der Waals surface area contributed by atoms with Crippen molar-refractivity contribution < 1.29 is 0 Å². The number of nitrogens with zero attached hydrogens (tertiary/aromatic N) is 2. The van der Waals surface area contributed by atoms with Gasteiger partial charge in [-0.2, -0.15) is 0 Å². The van der Waals surface area contributed by atoms with Crippen LogP contribution in [-0.4, -0.2) is 15.4 Å². The van der Waals surface area contributed by atoms with Crippen molar-refractivity contribution in [3.8, 4) is 0 Å². The Hall–Kier alpha value is -3.13. The van der Waals surface area contributed by atoms with Gasteiger partial charge in [0.15, 0.2) is 0 Å². The third-order valence-corrected chi connectivity index (χ3v) is 8.54. The highest BCUT2D eigenvalue weighted by Gasteiger charge is 2.51. The number of benzene rings is 2. The third-order valence-electron chi connectivity index (χ3n) is 8.54. The van der Waals surface area contributed by atoms with Crippen molar-refractivity contribution in [1.29, 1.82) is 0 Å². The number of fused-ring (bicyclic) bond motifs is 7. The summed E-state index contributed by atoms with van der Waals surface area (Å²) in [5, 5.41) is 2.41. The maximum absolute atomic E-state index is 4.96. The van der Waals surface area contributed by atoms with Crippen LogP contribution in [0.2, 0.25) is 0 Å². The van der Waals surface area contributed by atoms with E-state index in [1.807, 2.05) is 0 Å². The van der Waals surface area contributed by atoms with Crippen LogP contribution in [0.4, 0.5) is 0 Å². The zero-order valence-electron chi connectivity index (χ0n) is 19.8. The molecule has 0 bridgehead atoms. The second-order valence-corrected chi connectivity index (χ2v) is 10.6. The minimum Gasteiger partial charge on any atom is -0.341 e. The second-order valence-electron chi connectivity index (χ2n) is 10.6. The SMILES string of the molecule is CC1=C2C(=C3c4ccc5nc6ccccc6cc5c4C=CN3C(C)(C)C2(C)C)C=CC1C. The lowest BCUT2D eigenvalue weighted by molar-refractivity contribution is 0.111. The topological polar surface area (TPSA) is 16.1 Å². The van der Waals surface area contributed by atoms with Gasteiger partial charge in [0.1, 0.15) is 0 Å². The van der Waals surface area contributed by atoms with Crippen molar-refractivity contribution in [2.24, 2.45) is 11.3 Å². The molecule has 2 aliphatic heterocycles. The maximum atomic E-state index is 4.96. The van der Waals surface area contributed by atoms with Crippen LogP contribution in [0, 0.1) is 11.3 Å². The summed E-state index contributed by atoms with van der Waals surface area (Å²) in [6.45, 7) is 14.2. The molecule has 0 saturated heterocycles. The minimum absolute atomic E-state index is 0.0192. The van der Waals surface area contributed by atoms with Gasteiger partial charge in [0.05, 0.1) is 16.7 Å². The predicted molar refractivity (Wildman–Crippen MR) is 136 cm³/mol. The van der Waals surface area contributed by atoms with Gasteiger partial charge in [-0.1, -0.05) is 62.8 Å². The Morgan fingerprint density at radius 1 is 0.938 bits per heavy atom. The smallest absolute Gasteiger partial charge is 0.0716 e. The van der Waals surface area contributed by atoms with E-state index >= 15 is 0 Å². The zero-order valence-corrected chi connectivity index (χ0v) is 19.8. The molecule has 3 aliphatic rings. The van der Waals surface area contributed by atoms with Crippen molar-refractivity contribution in [2.45, 2.75) is 47.1 Å². The van der Waals surface area contributed by atoms with Gasteiger partial charge in [-0.25, -0.2) is 4.98 Å². The fraction of sp³-hybridized carbons (Fsp3) is 0.300. The van der Waals surface area contributed by atoms with Crippen LogP contribution in [0.3, 0.4) is 0 Å². The Kier molecular flexibility index (Phi) is 3.80. The Labute approximate surface area is 190 Å². The van der Waals surface area contributed by atoms with Gasteiger partial charge < -0.3 is 4.90 Å². The first-order chi connectivity index (χ1) is 15.2. The molecule has 1 aliphatic carbocycles. The summed E-state index contributed by atoms with van der Waals surface area (Å²) in [5.41, 5.74) is 10.4. The van der Waals surface area contributed by atoms with Crippen molar-refractivity contribution in [1.82, 2.24) is 9.88 Å². The molecular weight excluding hydrogens is 388 g/mol. The quantitative estimate of drug-likeness (QED) is 0.347. The largest absolute Gasteiger partial charge is 0.341 e. The summed E-state index contributed by atoms with van der Waals surface area (Å²) >= 11 is 0. The molecule has 0 N–H and O–H groups in total. The van der Waals surface area contributed by atoms with E-state index in [0.717, 1.165) is 11.0 Å². The third kappa shape index (κ3) is 2.33. The number of pyridine rings is 1. The summed E-state index contributed by atoms with van der Waals surface area (Å²) in [4.78, 5) is 7.47. The van der Waals surface area contributed by atoms with Crippen molar-refractivity contribution in [2.75, 3.05) is 0 Å². The summed E-state index contributed by atoms with van der Waals surface area (Å²) in [6.07, 6.45) is 9.34. The van der Waals surface area contributed by atoms with Gasteiger partial charge in [-0.3, -0.25) is 0 Å². The number of rotatable bonds is 0. The standard InChI is InChI=1S/C30H30N2/c1-18-11-12-23-27(19(18)2)29(3,4)30(5,6)32-16-15-21-22(28(23)32)13-14-26-24(21)17-20-9-7-8-10-25(20)31-26/h7-18H,1-6H3. The molecule has 2 heteroatoms. The number of hydrogen-bond donors (Lipinski definition) is 0. The first-order valence-corrected chi connectivity index (χ1v) is 11.7. The highest BCUT2D eigenvalue weighted by Crippen LogP contribution is 2.57. The molecule has 1 atom stereocenters. The van der Waals surface area contributed by atoms with Crippen LogP contribution >= 0.6 is 0 Å². The van der Waals surface area contributed by atoms with Gasteiger partial charge >= 0.3 is 0 Å². The zero-order chi connectivity index (χ0) is 22.4. The van der Waals surface area contributed by atoms with Crippen LogP contribution in [0.1, 0.15) is 52.7 Å². The van der Waals surface area contributed by atoms with Crippen LogP contribution in [-0.2, 0) is 0 Å². The van der Waals surface area contributed by atoms with Crippen LogP contribution < -0.4 is 0 Å². The lowest BCUT2D eigenvalue weighted by Gasteiger charge is -2.57. The minimum atomic E-state index is -0.0574. The predicted octanol–water partition coefficient (Wildman–Crippen LogP) is 7.73. The number of para-hydroxylation sites is 1. The normalized spacial score (nSPS) is 22.9. The van der Waals surface area contributed by atoms with E-state index in [1.54, 1.807) is 0 Å². The molecular formula is C30H30N2. The van der Waals surface area contributed by atoms with Gasteiger partial charge in [-0.15, -0.1) is 0 Å². The average Bonchev–Trinajstić information content (AvgIpc) is 2.77. The molecule has 0 radical (unpaired) electrons. The van der Waals surface area contributed by atoms with E-state index in [2.05, 4.69) is 113 Å². The first-order valence-electron chi connectivity index (χ1n) is 11.7. The Bertz CT molecular complexity index is 1440. The van der Waals surface area contributed by atoms with Crippen molar-refractivity contribution in [3.63, 3.8) is 0 Å². The van der Waals surface area contributed by atoms with E-state index in [0.29, 0.717) is 5.92 Å². The Balaban J connectivity index is 1.71. The average molecular weight is 419 g/mol. The summed E-state index contributed by atoms with van der Waals surface area (Å²) in [5.74, 6) is 0.474. The maximum Gasteiger partial charge on any atom is 0.0716 e. The molecule has 1 aromatic heterocycles. The fourth-order valence-electron chi connectivity index (χ4n) is 5.89. The van der Waals surface area contributed by atoms with E-state index in [4.69, 9.17) is 4.98 Å². The highest BCUT2D eigenvalue weighted by atomic mass is 15.2. The van der Waals surface area contributed by atoms with E-state index in [9.17, 15) is 0 Å². The second kappa shape index (κ2) is 6.22. The molecule has 160 valence electrons. The highest BCUT2D eigenvalue weighted by molar-refractivity contribution is 6.02. The van der Waals surface area contributed by atoms with Crippen molar-refractivity contribution >= 4 is 33.6 Å². The molecule has 6 rings (SSSR count). The summed E-state index contributed by atoms with van der Waals surface area (Å²) in [7, 11) is 0. The molecule has 1 unspecified atom stereocenters. The molecule has 3 heterocycles. The fourth-order valence-corrected chi connectivity index (χ4v) is 5.89. The molecule has 3 aromatic rings. The Morgan fingerprint density at radius 2 is 1.72 bits per heavy atom. The molecule has 2 aromatic carbocycles. The monoisotopic (exact) mass is 418 g/mol. The summed E-state index contributed by atoms with van der Waals surface area (Å²) in [6, 6.07) is 15.2. The number of aromatic nitrogens is 1. The summed E-state index contributed by atoms with van der Waals surface area (Å²) < 4.78 is 0.